The van der Waals surface area contributed by atoms with Crippen molar-refractivity contribution in [3.63, 3.8) is 0 Å². The Morgan fingerprint density at radius 1 is 1.71 bits per heavy atom. The lowest BCUT2D eigenvalue weighted by Gasteiger charge is -2.14. The van der Waals surface area contributed by atoms with Crippen molar-refractivity contribution in [3.05, 3.63) is 18.2 Å². The fourth-order valence-corrected chi connectivity index (χ4v) is 2.13. The van der Waals surface area contributed by atoms with Crippen LogP contribution in [0.4, 0.5) is 0 Å². The van der Waals surface area contributed by atoms with Crippen LogP contribution in [0.5, 0.6) is 0 Å². The van der Waals surface area contributed by atoms with Crippen molar-refractivity contribution in [2.45, 2.75) is 38.6 Å². The first-order chi connectivity index (χ1) is 6.86. The molecule has 1 aromatic heterocycles. The summed E-state index contributed by atoms with van der Waals surface area (Å²) in [4.78, 5) is 4.27. The van der Waals surface area contributed by atoms with Crippen molar-refractivity contribution in [1.82, 2.24) is 9.55 Å². The van der Waals surface area contributed by atoms with Crippen molar-refractivity contribution in [2.75, 3.05) is 0 Å². The van der Waals surface area contributed by atoms with Gasteiger partial charge in [-0.25, -0.2) is 4.98 Å². The van der Waals surface area contributed by atoms with Crippen LogP contribution in [-0.2, 0) is 6.42 Å². The Bertz CT molecular complexity index is 343. The maximum Gasteiger partial charge on any atom is 0.108 e. The van der Waals surface area contributed by atoms with Gasteiger partial charge in [-0.1, -0.05) is 12.1 Å². The summed E-state index contributed by atoms with van der Waals surface area (Å²) >= 11 is 0. The molecule has 4 heteroatoms. The molecule has 0 amide bonds. The highest BCUT2D eigenvalue weighted by molar-refractivity contribution is 5.89. The van der Waals surface area contributed by atoms with Gasteiger partial charge in [0.2, 0.25) is 0 Å². The Kier molecular flexibility index (Phi) is 2.52. The van der Waals surface area contributed by atoms with E-state index in [4.69, 9.17) is 5.21 Å². The zero-order valence-electron chi connectivity index (χ0n) is 8.35. The van der Waals surface area contributed by atoms with Gasteiger partial charge in [0, 0.05) is 18.8 Å². The van der Waals surface area contributed by atoms with Gasteiger partial charge < -0.3 is 9.77 Å². The van der Waals surface area contributed by atoms with E-state index in [0.717, 1.165) is 37.2 Å². The first kappa shape index (κ1) is 9.24. The van der Waals surface area contributed by atoms with Crippen LogP contribution in [0.2, 0.25) is 0 Å². The maximum atomic E-state index is 8.85. The first-order valence-electron chi connectivity index (χ1n) is 5.09. The lowest BCUT2D eigenvalue weighted by Crippen LogP contribution is -2.15. The molecular weight excluding hydrogens is 178 g/mol. The van der Waals surface area contributed by atoms with Crippen molar-refractivity contribution in [2.24, 2.45) is 5.16 Å². The lowest BCUT2D eigenvalue weighted by atomic mass is 10.2. The van der Waals surface area contributed by atoms with Crippen LogP contribution in [0.15, 0.2) is 17.5 Å². The minimum atomic E-state index is 0.234. The standard InChI is InChI=1S/C10H15N3O/c1-2-10-11-6-7-13(10)9-5-3-4-8(9)12-14/h6-7,9,14H,2-5H2,1H3. The van der Waals surface area contributed by atoms with Crippen molar-refractivity contribution in [3.8, 4) is 0 Å². The molecule has 0 spiro atoms. The topological polar surface area (TPSA) is 50.4 Å². The molecule has 1 fully saturated rings. The average Bonchev–Trinajstić information content (AvgIpc) is 2.85. The molecule has 1 atom stereocenters. The summed E-state index contributed by atoms with van der Waals surface area (Å²) in [6.45, 7) is 2.09. The third-order valence-corrected chi connectivity index (χ3v) is 2.82. The molecule has 4 nitrogen and oxygen atoms in total. The van der Waals surface area contributed by atoms with Gasteiger partial charge in [-0.2, -0.15) is 0 Å². The number of imidazole rings is 1. The van der Waals surface area contributed by atoms with E-state index in [1.807, 2.05) is 12.4 Å². The van der Waals surface area contributed by atoms with E-state index in [2.05, 4.69) is 21.6 Å². The molecule has 76 valence electrons. The summed E-state index contributed by atoms with van der Waals surface area (Å²) in [5, 5.41) is 12.2. The molecule has 0 aliphatic heterocycles. The molecule has 14 heavy (non-hydrogen) atoms. The molecule has 1 aliphatic rings. The van der Waals surface area contributed by atoms with Crippen molar-refractivity contribution in [1.29, 1.82) is 0 Å². The zero-order chi connectivity index (χ0) is 9.97. The number of aryl methyl sites for hydroxylation is 1. The first-order valence-corrected chi connectivity index (χ1v) is 5.09. The highest BCUT2D eigenvalue weighted by Crippen LogP contribution is 2.28. The van der Waals surface area contributed by atoms with E-state index in [1.165, 1.54) is 0 Å². The predicted molar refractivity (Wildman–Crippen MR) is 53.7 cm³/mol. The molecule has 0 saturated heterocycles. The lowest BCUT2D eigenvalue weighted by molar-refractivity contribution is 0.314. The number of hydrogen-bond acceptors (Lipinski definition) is 3. The Hall–Kier alpha value is -1.32. The predicted octanol–water partition coefficient (Wildman–Crippen LogP) is 2.00. The second kappa shape index (κ2) is 3.82. The Labute approximate surface area is 83.3 Å². The molecule has 1 heterocycles. The Balaban J connectivity index is 2.30. The molecule has 0 radical (unpaired) electrons. The third kappa shape index (κ3) is 1.41. The maximum absolute atomic E-state index is 8.85. The molecule has 1 unspecified atom stereocenters. The number of hydrogen-bond donors (Lipinski definition) is 1. The van der Waals surface area contributed by atoms with Gasteiger partial charge in [-0.15, -0.1) is 0 Å². The minimum absolute atomic E-state index is 0.234. The van der Waals surface area contributed by atoms with Crippen molar-refractivity contribution < 1.29 is 5.21 Å². The van der Waals surface area contributed by atoms with Crippen molar-refractivity contribution >= 4 is 5.71 Å². The number of oxime groups is 1. The van der Waals surface area contributed by atoms with Gasteiger partial charge in [0.25, 0.3) is 0 Å². The van der Waals surface area contributed by atoms with Crippen LogP contribution in [0.1, 0.15) is 38.1 Å². The van der Waals surface area contributed by atoms with Crippen LogP contribution in [0.25, 0.3) is 0 Å². The van der Waals surface area contributed by atoms with Gasteiger partial charge in [-0.3, -0.25) is 0 Å². The quantitative estimate of drug-likeness (QED) is 0.577. The van der Waals surface area contributed by atoms with Crippen LogP contribution >= 0.6 is 0 Å². The normalized spacial score (nSPS) is 24.6. The SMILES string of the molecule is CCc1nccn1C1CCCC1=NO. The van der Waals surface area contributed by atoms with E-state index in [1.54, 1.807) is 0 Å². The number of rotatable bonds is 2. The monoisotopic (exact) mass is 193 g/mol. The Morgan fingerprint density at radius 2 is 2.57 bits per heavy atom. The molecular formula is C10H15N3O. The summed E-state index contributed by atoms with van der Waals surface area (Å²) < 4.78 is 2.13. The summed E-state index contributed by atoms with van der Waals surface area (Å²) in [5.74, 6) is 1.07. The number of nitrogens with zero attached hydrogens (tertiary/aromatic N) is 3. The molecule has 1 N–H and O–H groups in total. The van der Waals surface area contributed by atoms with Gasteiger partial charge in [0.05, 0.1) is 11.8 Å². The molecule has 0 bridgehead atoms. The van der Waals surface area contributed by atoms with Gasteiger partial charge in [0.1, 0.15) is 5.82 Å². The highest BCUT2D eigenvalue weighted by atomic mass is 16.4. The largest absolute Gasteiger partial charge is 0.411 e. The van der Waals surface area contributed by atoms with Crippen LogP contribution in [0, 0.1) is 0 Å². The fraction of sp³-hybridized carbons (Fsp3) is 0.600. The molecule has 1 aliphatic carbocycles. The highest BCUT2D eigenvalue weighted by Gasteiger charge is 2.25. The molecule has 1 saturated carbocycles. The van der Waals surface area contributed by atoms with E-state index in [-0.39, 0.29) is 6.04 Å². The second-order valence-corrected chi connectivity index (χ2v) is 3.60. The van der Waals surface area contributed by atoms with Gasteiger partial charge in [-0.05, 0) is 19.3 Å². The van der Waals surface area contributed by atoms with Gasteiger partial charge >= 0.3 is 0 Å². The fourth-order valence-electron chi connectivity index (χ4n) is 2.13. The van der Waals surface area contributed by atoms with E-state index < -0.39 is 0 Å². The zero-order valence-corrected chi connectivity index (χ0v) is 8.35. The minimum Gasteiger partial charge on any atom is -0.411 e. The molecule has 2 rings (SSSR count). The van der Waals surface area contributed by atoms with Gasteiger partial charge in [0.15, 0.2) is 0 Å². The molecule has 1 aromatic rings. The summed E-state index contributed by atoms with van der Waals surface area (Å²) in [7, 11) is 0. The second-order valence-electron chi connectivity index (χ2n) is 3.60. The average molecular weight is 193 g/mol. The van der Waals surface area contributed by atoms with Crippen LogP contribution < -0.4 is 0 Å². The third-order valence-electron chi connectivity index (χ3n) is 2.82. The van der Waals surface area contributed by atoms with E-state index in [0.29, 0.717) is 0 Å². The van der Waals surface area contributed by atoms with E-state index in [9.17, 15) is 0 Å². The number of aromatic nitrogens is 2. The van der Waals surface area contributed by atoms with Crippen LogP contribution in [0.3, 0.4) is 0 Å². The smallest absolute Gasteiger partial charge is 0.108 e. The van der Waals surface area contributed by atoms with Crippen LogP contribution in [-0.4, -0.2) is 20.5 Å². The summed E-state index contributed by atoms with van der Waals surface area (Å²) in [6.07, 6.45) is 7.77. The Morgan fingerprint density at radius 3 is 3.29 bits per heavy atom. The summed E-state index contributed by atoms with van der Waals surface area (Å²) in [6, 6.07) is 0.234. The van der Waals surface area contributed by atoms with E-state index >= 15 is 0 Å². The summed E-state index contributed by atoms with van der Waals surface area (Å²) in [5.41, 5.74) is 0.887. The molecule has 0 aromatic carbocycles.